The predicted molar refractivity (Wildman–Crippen MR) is 68.1 cm³/mol. The van der Waals surface area contributed by atoms with Crippen LogP contribution in [0.4, 0.5) is 0 Å². The molecular formula is C14H21NO3. The zero-order valence-electron chi connectivity index (χ0n) is 11.3. The third-order valence-corrected chi connectivity index (χ3v) is 3.65. The number of amides is 1. The van der Waals surface area contributed by atoms with Crippen LogP contribution < -0.4 is 0 Å². The summed E-state index contributed by atoms with van der Waals surface area (Å²) < 4.78 is 5.42. The molecule has 0 spiro atoms. The summed E-state index contributed by atoms with van der Waals surface area (Å²) in [6, 6.07) is 3.71. The number of hydrogen-bond acceptors (Lipinski definition) is 3. The van der Waals surface area contributed by atoms with E-state index >= 15 is 0 Å². The maximum Gasteiger partial charge on any atom is 0.230 e. The average Bonchev–Trinajstić information content (AvgIpc) is 2.68. The van der Waals surface area contributed by atoms with Crippen LogP contribution in [0.25, 0.3) is 0 Å². The van der Waals surface area contributed by atoms with E-state index in [1.54, 1.807) is 0 Å². The van der Waals surface area contributed by atoms with Crippen LogP contribution in [0.15, 0.2) is 16.5 Å². The van der Waals surface area contributed by atoms with Gasteiger partial charge in [-0.15, -0.1) is 0 Å². The molecule has 1 N–H and O–H groups in total. The van der Waals surface area contributed by atoms with Crippen molar-refractivity contribution in [3.63, 3.8) is 0 Å². The van der Waals surface area contributed by atoms with Crippen LogP contribution in [-0.4, -0.2) is 35.1 Å². The molecule has 4 heteroatoms. The van der Waals surface area contributed by atoms with Crippen molar-refractivity contribution in [3.05, 3.63) is 23.7 Å². The molecule has 100 valence electrons. The summed E-state index contributed by atoms with van der Waals surface area (Å²) >= 11 is 0. The fraction of sp³-hybridized carbons (Fsp3) is 0.643. The smallest absolute Gasteiger partial charge is 0.230 e. The van der Waals surface area contributed by atoms with Gasteiger partial charge in [0.15, 0.2) is 0 Å². The van der Waals surface area contributed by atoms with Crippen LogP contribution in [0.5, 0.6) is 0 Å². The molecule has 1 amide bonds. The minimum absolute atomic E-state index is 0.0734. The Morgan fingerprint density at radius 3 is 2.83 bits per heavy atom. The van der Waals surface area contributed by atoms with E-state index in [1.807, 2.05) is 37.8 Å². The fourth-order valence-corrected chi connectivity index (χ4v) is 2.40. The summed E-state index contributed by atoms with van der Waals surface area (Å²) in [5, 5.41) is 9.87. The number of rotatable bonds is 2. The lowest BCUT2D eigenvalue weighted by molar-refractivity contribution is -0.137. The molecule has 1 aliphatic heterocycles. The molecule has 2 heterocycles. The minimum atomic E-state index is -0.326. The van der Waals surface area contributed by atoms with Crippen molar-refractivity contribution in [1.82, 2.24) is 4.90 Å². The van der Waals surface area contributed by atoms with Gasteiger partial charge in [0.1, 0.15) is 11.5 Å². The summed E-state index contributed by atoms with van der Waals surface area (Å²) in [6.45, 7) is 7.09. The highest BCUT2D eigenvalue weighted by atomic mass is 16.3. The van der Waals surface area contributed by atoms with Gasteiger partial charge >= 0.3 is 0 Å². The summed E-state index contributed by atoms with van der Waals surface area (Å²) in [5.74, 6) is 1.61. The van der Waals surface area contributed by atoms with Crippen LogP contribution >= 0.6 is 0 Å². The van der Waals surface area contributed by atoms with E-state index in [2.05, 4.69) is 0 Å². The van der Waals surface area contributed by atoms with Gasteiger partial charge in [0.25, 0.3) is 0 Å². The number of piperidine rings is 1. The Balaban J connectivity index is 1.98. The van der Waals surface area contributed by atoms with Gasteiger partial charge in [-0.2, -0.15) is 0 Å². The molecule has 0 radical (unpaired) electrons. The second-order valence-corrected chi connectivity index (χ2v) is 5.80. The predicted octanol–water partition coefficient (Wildman–Crippen LogP) is 1.75. The van der Waals surface area contributed by atoms with Gasteiger partial charge in [-0.1, -0.05) is 13.8 Å². The van der Waals surface area contributed by atoms with Gasteiger partial charge in [0.05, 0.1) is 12.5 Å². The monoisotopic (exact) mass is 251 g/mol. The van der Waals surface area contributed by atoms with Gasteiger partial charge < -0.3 is 14.4 Å². The first-order valence-electron chi connectivity index (χ1n) is 6.39. The highest BCUT2D eigenvalue weighted by Crippen LogP contribution is 2.29. The highest BCUT2D eigenvalue weighted by molar-refractivity contribution is 5.78. The lowest BCUT2D eigenvalue weighted by Gasteiger charge is -2.41. The molecule has 1 aliphatic rings. The number of hydrogen-bond donors (Lipinski definition) is 1. The van der Waals surface area contributed by atoms with E-state index in [0.717, 1.165) is 5.76 Å². The van der Waals surface area contributed by atoms with E-state index in [-0.39, 0.29) is 17.4 Å². The number of nitrogens with zero attached hydrogens (tertiary/aromatic N) is 1. The Labute approximate surface area is 108 Å². The first kappa shape index (κ1) is 13.1. The Hall–Kier alpha value is -1.29. The molecule has 1 aromatic heterocycles. The fourth-order valence-electron chi connectivity index (χ4n) is 2.40. The van der Waals surface area contributed by atoms with Crippen molar-refractivity contribution < 1.29 is 14.3 Å². The molecule has 2 rings (SSSR count). The Kier molecular flexibility index (Phi) is 3.48. The van der Waals surface area contributed by atoms with Crippen LogP contribution in [0.3, 0.4) is 0 Å². The van der Waals surface area contributed by atoms with E-state index in [4.69, 9.17) is 4.42 Å². The number of aliphatic hydroxyl groups is 1. The van der Waals surface area contributed by atoms with Gasteiger partial charge in [0.2, 0.25) is 5.91 Å². The van der Waals surface area contributed by atoms with Crippen LogP contribution in [0.1, 0.15) is 31.8 Å². The van der Waals surface area contributed by atoms with E-state index in [9.17, 15) is 9.90 Å². The van der Waals surface area contributed by atoms with Crippen molar-refractivity contribution in [2.45, 2.75) is 39.7 Å². The topological polar surface area (TPSA) is 53.7 Å². The number of furan rings is 1. The average molecular weight is 251 g/mol. The van der Waals surface area contributed by atoms with Gasteiger partial charge in [0, 0.05) is 18.5 Å². The van der Waals surface area contributed by atoms with E-state index in [1.165, 1.54) is 0 Å². The first-order chi connectivity index (χ1) is 8.38. The van der Waals surface area contributed by atoms with Crippen LogP contribution in [-0.2, 0) is 11.2 Å². The molecule has 1 fully saturated rings. The molecule has 1 aromatic rings. The van der Waals surface area contributed by atoms with Crippen LogP contribution in [0.2, 0.25) is 0 Å². The molecule has 18 heavy (non-hydrogen) atoms. The van der Waals surface area contributed by atoms with Crippen molar-refractivity contribution in [2.75, 3.05) is 13.1 Å². The summed E-state index contributed by atoms with van der Waals surface area (Å²) in [7, 11) is 0. The van der Waals surface area contributed by atoms with Gasteiger partial charge in [-0.05, 0) is 25.5 Å². The minimum Gasteiger partial charge on any atom is -0.466 e. The summed E-state index contributed by atoms with van der Waals surface area (Å²) in [5.41, 5.74) is -0.229. The molecule has 1 atom stereocenters. The van der Waals surface area contributed by atoms with Crippen molar-refractivity contribution in [2.24, 2.45) is 5.41 Å². The van der Waals surface area contributed by atoms with E-state index < -0.39 is 0 Å². The van der Waals surface area contributed by atoms with Crippen molar-refractivity contribution in [3.8, 4) is 0 Å². The van der Waals surface area contributed by atoms with Crippen molar-refractivity contribution >= 4 is 5.91 Å². The molecule has 1 saturated heterocycles. The second kappa shape index (κ2) is 4.76. The Morgan fingerprint density at radius 2 is 2.28 bits per heavy atom. The normalized spacial score (nSPS) is 23.1. The number of aryl methyl sites for hydroxylation is 1. The summed E-state index contributed by atoms with van der Waals surface area (Å²) in [4.78, 5) is 14.0. The number of carbonyl (C=O) groups excluding carboxylic acids is 1. The van der Waals surface area contributed by atoms with Crippen molar-refractivity contribution in [1.29, 1.82) is 0 Å². The largest absolute Gasteiger partial charge is 0.466 e. The zero-order chi connectivity index (χ0) is 13.3. The molecule has 0 aliphatic carbocycles. The molecule has 1 unspecified atom stereocenters. The number of likely N-dealkylation sites (tertiary alicyclic amines) is 1. The number of carbonyl (C=O) groups is 1. The summed E-state index contributed by atoms with van der Waals surface area (Å²) in [6.07, 6.45) is 0.628. The molecule has 0 saturated carbocycles. The van der Waals surface area contributed by atoms with E-state index in [0.29, 0.717) is 31.7 Å². The van der Waals surface area contributed by atoms with Gasteiger partial charge in [-0.3, -0.25) is 4.79 Å². The lowest BCUT2D eigenvalue weighted by atomic mass is 9.81. The standard InChI is InChI=1S/C14H21NO3/c1-10-4-5-11(18-10)8-13(17)15-7-6-12(16)14(2,3)9-15/h4-5,12,16H,6-9H2,1-3H3. The number of aliphatic hydroxyl groups excluding tert-OH is 1. The first-order valence-corrected chi connectivity index (χ1v) is 6.39. The Bertz CT molecular complexity index is 436. The molecule has 0 aromatic carbocycles. The maximum atomic E-state index is 12.2. The second-order valence-electron chi connectivity index (χ2n) is 5.80. The lowest BCUT2D eigenvalue weighted by Crippen LogP contribution is -2.51. The van der Waals surface area contributed by atoms with Gasteiger partial charge in [-0.25, -0.2) is 0 Å². The third-order valence-electron chi connectivity index (χ3n) is 3.65. The molecular weight excluding hydrogens is 230 g/mol. The highest BCUT2D eigenvalue weighted by Gasteiger charge is 2.36. The maximum absolute atomic E-state index is 12.2. The SMILES string of the molecule is Cc1ccc(CC(=O)N2CCC(O)C(C)(C)C2)o1. The van der Waals surface area contributed by atoms with Crippen LogP contribution in [0, 0.1) is 12.3 Å². The quantitative estimate of drug-likeness (QED) is 0.871. The Morgan fingerprint density at radius 1 is 1.56 bits per heavy atom. The molecule has 4 nitrogen and oxygen atoms in total. The molecule has 0 bridgehead atoms. The zero-order valence-corrected chi connectivity index (χ0v) is 11.3. The third kappa shape index (κ3) is 2.75.